The third-order valence-corrected chi connectivity index (χ3v) is 3.14. The lowest BCUT2D eigenvalue weighted by Crippen LogP contribution is -2.31. The SMILES string of the molecule is CCN(CC)c1nc(Cl)nc(N(CCC#N)CCOC)n1. The summed E-state index contributed by atoms with van der Waals surface area (Å²) in [5, 5.41) is 8.92. The highest BCUT2D eigenvalue weighted by molar-refractivity contribution is 6.28. The van der Waals surface area contributed by atoms with E-state index >= 15 is 0 Å². The average Bonchev–Trinajstić information content (AvgIpc) is 2.48. The monoisotopic (exact) mass is 312 g/mol. The lowest BCUT2D eigenvalue weighted by atomic mass is 10.4. The molecule has 0 fully saturated rings. The topological polar surface area (TPSA) is 78.2 Å². The van der Waals surface area contributed by atoms with Gasteiger partial charge in [0.25, 0.3) is 0 Å². The van der Waals surface area contributed by atoms with Crippen LogP contribution in [0.5, 0.6) is 0 Å². The maximum absolute atomic E-state index is 8.77. The van der Waals surface area contributed by atoms with E-state index in [1.807, 2.05) is 23.6 Å². The zero-order valence-corrected chi connectivity index (χ0v) is 13.5. The summed E-state index contributed by atoms with van der Waals surface area (Å²) in [6.45, 7) is 7.26. The number of methoxy groups -OCH3 is 1. The highest BCUT2D eigenvalue weighted by atomic mass is 35.5. The molecule has 1 heterocycles. The van der Waals surface area contributed by atoms with Gasteiger partial charge in [-0.25, -0.2) is 0 Å². The molecule has 21 heavy (non-hydrogen) atoms. The number of rotatable bonds is 9. The van der Waals surface area contributed by atoms with Crippen molar-refractivity contribution in [3.05, 3.63) is 5.28 Å². The van der Waals surface area contributed by atoms with Crippen LogP contribution in [0.25, 0.3) is 0 Å². The molecule has 0 N–H and O–H groups in total. The largest absolute Gasteiger partial charge is 0.383 e. The fourth-order valence-electron chi connectivity index (χ4n) is 1.82. The quantitative estimate of drug-likeness (QED) is 0.687. The highest BCUT2D eigenvalue weighted by Crippen LogP contribution is 2.16. The Hall–Kier alpha value is -1.65. The molecule has 0 aliphatic carbocycles. The lowest BCUT2D eigenvalue weighted by Gasteiger charge is -2.24. The van der Waals surface area contributed by atoms with Gasteiger partial charge in [0.15, 0.2) is 0 Å². The predicted molar refractivity (Wildman–Crippen MR) is 82.7 cm³/mol. The van der Waals surface area contributed by atoms with E-state index in [1.165, 1.54) is 0 Å². The van der Waals surface area contributed by atoms with Gasteiger partial charge in [-0.05, 0) is 25.4 Å². The second-order valence-corrected chi connectivity index (χ2v) is 4.60. The first-order valence-corrected chi connectivity index (χ1v) is 7.31. The standard InChI is InChI=1S/C13H21ClN6O/c1-4-19(5-2)12-16-11(14)17-13(18-12)20(8-6-7-15)9-10-21-3/h4-6,8-10H2,1-3H3. The van der Waals surface area contributed by atoms with Crippen molar-refractivity contribution >= 4 is 23.5 Å². The Morgan fingerprint density at radius 3 is 2.24 bits per heavy atom. The first-order chi connectivity index (χ1) is 10.2. The summed E-state index contributed by atoms with van der Waals surface area (Å²) in [6.07, 6.45) is 0.383. The number of halogens is 1. The van der Waals surface area contributed by atoms with Crippen molar-refractivity contribution in [1.82, 2.24) is 15.0 Å². The minimum Gasteiger partial charge on any atom is -0.383 e. The molecule has 8 heteroatoms. The summed E-state index contributed by atoms with van der Waals surface area (Å²) in [6, 6.07) is 2.12. The second-order valence-electron chi connectivity index (χ2n) is 4.26. The number of ether oxygens (including phenoxy) is 1. The lowest BCUT2D eigenvalue weighted by molar-refractivity contribution is 0.205. The molecular weight excluding hydrogens is 292 g/mol. The van der Waals surface area contributed by atoms with Gasteiger partial charge in [-0.3, -0.25) is 0 Å². The van der Waals surface area contributed by atoms with Crippen LogP contribution in [0.15, 0.2) is 0 Å². The molecule has 0 atom stereocenters. The maximum atomic E-state index is 8.77. The van der Waals surface area contributed by atoms with Crippen molar-refractivity contribution < 1.29 is 4.74 Å². The van der Waals surface area contributed by atoms with Crippen LogP contribution >= 0.6 is 11.6 Å². The van der Waals surface area contributed by atoms with Crippen molar-refractivity contribution in [3.8, 4) is 6.07 Å². The van der Waals surface area contributed by atoms with E-state index in [9.17, 15) is 0 Å². The fraction of sp³-hybridized carbons (Fsp3) is 0.692. The number of hydrogen-bond acceptors (Lipinski definition) is 7. The van der Waals surface area contributed by atoms with Gasteiger partial charge in [0.2, 0.25) is 17.2 Å². The van der Waals surface area contributed by atoms with Crippen LogP contribution in [0, 0.1) is 11.3 Å². The number of aromatic nitrogens is 3. The molecule has 7 nitrogen and oxygen atoms in total. The Morgan fingerprint density at radius 2 is 1.71 bits per heavy atom. The second kappa shape index (κ2) is 9.32. The van der Waals surface area contributed by atoms with Crippen molar-refractivity contribution in [2.45, 2.75) is 20.3 Å². The van der Waals surface area contributed by atoms with Gasteiger partial charge in [0.05, 0.1) is 19.1 Å². The molecule has 0 bridgehead atoms. The van der Waals surface area contributed by atoms with E-state index in [2.05, 4.69) is 21.0 Å². The molecule has 0 radical (unpaired) electrons. The van der Waals surface area contributed by atoms with Gasteiger partial charge in [0, 0.05) is 33.3 Å². The van der Waals surface area contributed by atoms with E-state index in [0.29, 0.717) is 38.0 Å². The first kappa shape index (κ1) is 17.4. The molecule has 116 valence electrons. The van der Waals surface area contributed by atoms with Crippen LogP contribution in [0.2, 0.25) is 5.28 Å². The fourth-order valence-corrected chi connectivity index (χ4v) is 1.97. The molecule has 1 rings (SSSR count). The summed E-state index contributed by atoms with van der Waals surface area (Å²) in [5.41, 5.74) is 0. The molecule has 1 aromatic rings. The van der Waals surface area contributed by atoms with Crippen LogP contribution in [0.3, 0.4) is 0 Å². The Kier molecular flexibility index (Phi) is 7.72. The van der Waals surface area contributed by atoms with Crippen molar-refractivity contribution in [2.75, 3.05) is 49.7 Å². The van der Waals surface area contributed by atoms with Crippen LogP contribution in [0.1, 0.15) is 20.3 Å². The molecule has 0 spiro atoms. The van der Waals surface area contributed by atoms with Gasteiger partial charge in [0.1, 0.15) is 0 Å². The summed E-state index contributed by atoms with van der Waals surface area (Å²) in [4.78, 5) is 16.7. The maximum Gasteiger partial charge on any atom is 0.231 e. The Balaban J connectivity index is 3.03. The van der Waals surface area contributed by atoms with E-state index in [1.54, 1.807) is 7.11 Å². The third-order valence-electron chi connectivity index (χ3n) is 2.97. The molecule has 0 aliphatic rings. The van der Waals surface area contributed by atoms with Crippen molar-refractivity contribution in [3.63, 3.8) is 0 Å². The molecule has 0 aliphatic heterocycles. The van der Waals surface area contributed by atoms with E-state index in [4.69, 9.17) is 21.6 Å². The highest BCUT2D eigenvalue weighted by Gasteiger charge is 2.15. The molecule has 0 aromatic carbocycles. The smallest absolute Gasteiger partial charge is 0.231 e. The van der Waals surface area contributed by atoms with Gasteiger partial charge >= 0.3 is 0 Å². The van der Waals surface area contributed by atoms with Crippen molar-refractivity contribution in [1.29, 1.82) is 5.26 Å². The van der Waals surface area contributed by atoms with E-state index < -0.39 is 0 Å². The zero-order valence-electron chi connectivity index (χ0n) is 12.7. The molecule has 0 saturated heterocycles. The number of anilines is 2. The Bertz CT molecular complexity index is 474. The molecule has 0 amide bonds. The van der Waals surface area contributed by atoms with E-state index in [-0.39, 0.29) is 5.28 Å². The minimum absolute atomic E-state index is 0.154. The Morgan fingerprint density at radius 1 is 1.10 bits per heavy atom. The van der Waals surface area contributed by atoms with Crippen LogP contribution in [-0.4, -0.2) is 54.8 Å². The average molecular weight is 313 g/mol. The summed E-state index contributed by atoms with van der Waals surface area (Å²) >= 11 is 6.01. The zero-order chi connectivity index (χ0) is 15.7. The summed E-state index contributed by atoms with van der Waals surface area (Å²) in [7, 11) is 1.63. The van der Waals surface area contributed by atoms with E-state index in [0.717, 1.165) is 13.1 Å². The van der Waals surface area contributed by atoms with Crippen molar-refractivity contribution in [2.24, 2.45) is 0 Å². The number of hydrogen-bond donors (Lipinski definition) is 0. The first-order valence-electron chi connectivity index (χ1n) is 6.93. The number of nitrogens with zero attached hydrogens (tertiary/aromatic N) is 6. The molecule has 1 aromatic heterocycles. The van der Waals surface area contributed by atoms with Gasteiger partial charge in [-0.15, -0.1) is 0 Å². The van der Waals surface area contributed by atoms with Gasteiger partial charge in [-0.2, -0.15) is 20.2 Å². The normalized spacial score (nSPS) is 10.2. The third kappa shape index (κ3) is 5.33. The number of nitriles is 1. The molecule has 0 unspecified atom stereocenters. The Labute approximate surface area is 130 Å². The predicted octanol–water partition coefficient (Wildman–Crippen LogP) is 1.74. The van der Waals surface area contributed by atoms with Crippen LogP contribution < -0.4 is 9.80 Å². The minimum atomic E-state index is 0.154. The van der Waals surface area contributed by atoms with Gasteiger partial charge in [-0.1, -0.05) is 0 Å². The summed E-state index contributed by atoms with van der Waals surface area (Å²) < 4.78 is 5.08. The summed E-state index contributed by atoms with van der Waals surface area (Å²) in [5.74, 6) is 1.03. The van der Waals surface area contributed by atoms with Crippen LogP contribution in [0.4, 0.5) is 11.9 Å². The van der Waals surface area contributed by atoms with Gasteiger partial charge < -0.3 is 14.5 Å². The van der Waals surface area contributed by atoms with Crippen LogP contribution in [-0.2, 0) is 4.74 Å². The molecular formula is C13H21ClN6O. The molecule has 0 saturated carbocycles.